The second-order valence-corrected chi connectivity index (χ2v) is 9.50. The summed E-state index contributed by atoms with van der Waals surface area (Å²) in [7, 11) is 1.77. The highest BCUT2D eigenvalue weighted by molar-refractivity contribution is 5.94. The fourth-order valence-corrected chi connectivity index (χ4v) is 4.16. The molecule has 4 rings (SSSR count). The third kappa shape index (κ3) is 5.40. The molecule has 3 aromatic rings. The number of amides is 1. The molecule has 0 saturated heterocycles. The minimum Gasteiger partial charge on any atom is -0.444 e. The van der Waals surface area contributed by atoms with E-state index in [1.807, 2.05) is 20.8 Å². The fraction of sp³-hybridized carbons (Fsp3) is 0.522. The number of nitrogens with zero attached hydrogens (tertiary/aromatic N) is 5. The zero-order valence-corrected chi connectivity index (χ0v) is 19.7. The van der Waals surface area contributed by atoms with Crippen LogP contribution in [0.25, 0.3) is 22.0 Å². The van der Waals surface area contributed by atoms with Crippen molar-refractivity contribution in [2.24, 2.45) is 7.05 Å². The third-order valence-electron chi connectivity index (χ3n) is 5.66. The molecule has 1 fully saturated rings. The minimum atomic E-state index is -2.76. The molecule has 34 heavy (non-hydrogen) atoms. The molecule has 0 spiro atoms. The van der Waals surface area contributed by atoms with E-state index in [9.17, 15) is 13.6 Å². The Morgan fingerprint density at radius 1 is 1.15 bits per heavy atom. The number of anilines is 1. The van der Waals surface area contributed by atoms with Gasteiger partial charge in [-0.25, -0.2) is 23.5 Å². The van der Waals surface area contributed by atoms with Crippen molar-refractivity contribution in [2.45, 2.75) is 70.6 Å². The van der Waals surface area contributed by atoms with Crippen LogP contribution in [0.4, 0.5) is 19.5 Å². The van der Waals surface area contributed by atoms with Crippen molar-refractivity contribution in [3.63, 3.8) is 0 Å². The smallest absolute Gasteiger partial charge is 0.407 e. The van der Waals surface area contributed by atoms with Crippen LogP contribution in [0.2, 0.25) is 0 Å². The normalized spacial score (nSPS) is 18.8. The van der Waals surface area contributed by atoms with Crippen LogP contribution in [0.15, 0.2) is 24.8 Å². The molecule has 0 bridgehead atoms. The average Bonchev–Trinajstić information content (AvgIpc) is 3.18. The van der Waals surface area contributed by atoms with Crippen LogP contribution < -0.4 is 10.6 Å². The van der Waals surface area contributed by atoms with Crippen LogP contribution in [0.1, 0.15) is 58.6 Å². The van der Waals surface area contributed by atoms with Gasteiger partial charge in [0.15, 0.2) is 0 Å². The van der Waals surface area contributed by atoms with Gasteiger partial charge in [0.25, 0.3) is 6.43 Å². The summed E-state index contributed by atoms with van der Waals surface area (Å²) in [4.78, 5) is 25.2. The molecule has 0 aromatic carbocycles. The number of ether oxygens (including phenoxy) is 1. The van der Waals surface area contributed by atoms with E-state index in [1.165, 1.54) is 12.4 Å². The highest BCUT2D eigenvalue weighted by Gasteiger charge is 2.29. The second-order valence-electron chi connectivity index (χ2n) is 9.50. The van der Waals surface area contributed by atoms with Crippen LogP contribution in [0.5, 0.6) is 0 Å². The Labute approximate surface area is 196 Å². The van der Waals surface area contributed by atoms with Gasteiger partial charge in [0.1, 0.15) is 11.3 Å². The van der Waals surface area contributed by atoms with Gasteiger partial charge in [-0.2, -0.15) is 5.10 Å². The predicted octanol–water partition coefficient (Wildman–Crippen LogP) is 4.61. The zero-order chi connectivity index (χ0) is 24.5. The van der Waals surface area contributed by atoms with Gasteiger partial charge in [-0.3, -0.25) is 9.67 Å². The van der Waals surface area contributed by atoms with Gasteiger partial charge in [-0.1, -0.05) is 12.8 Å². The molecule has 1 aliphatic carbocycles. The van der Waals surface area contributed by atoms with Gasteiger partial charge in [-0.15, -0.1) is 0 Å². The molecule has 0 radical (unpaired) electrons. The second kappa shape index (κ2) is 9.47. The lowest BCUT2D eigenvalue weighted by Crippen LogP contribution is -2.50. The standard InChI is InChI=1S/C23H29F2N7O2/c1-23(2,3)34-22(33)30-17-8-6-5-7-16(17)29-21-27-11-15-18(31-21)14(10-26-19(15)20(24)25)13-9-28-32(4)12-13/h9-12,16-17,20H,5-8H2,1-4H3,(H,30,33)(H,27,29,31). The molecule has 1 amide bonds. The molecular weight excluding hydrogens is 444 g/mol. The maximum atomic E-state index is 13.6. The lowest BCUT2D eigenvalue weighted by atomic mass is 9.90. The number of nitrogens with one attached hydrogen (secondary N) is 2. The molecule has 1 saturated carbocycles. The number of carbonyl (C=O) groups is 1. The first-order chi connectivity index (χ1) is 16.1. The SMILES string of the molecule is Cn1cc(-c2cnc(C(F)F)c3cnc(NC4CCCCC4NC(=O)OC(C)(C)C)nc23)cn1. The lowest BCUT2D eigenvalue weighted by molar-refractivity contribution is 0.0488. The number of aryl methyl sites for hydroxylation is 1. The number of rotatable bonds is 5. The summed E-state index contributed by atoms with van der Waals surface area (Å²) in [6.45, 7) is 5.44. The van der Waals surface area contributed by atoms with E-state index in [-0.39, 0.29) is 23.2 Å². The molecule has 9 nitrogen and oxygen atoms in total. The van der Waals surface area contributed by atoms with E-state index < -0.39 is 18.1 Å². The maximum absolute atomic E-state index is 13.6. The van der Waals surface area contributed by atoms with E-state index in [0.717, 1.165) is 25.7 Å². The van der Waals surface area contributed by atoms with Gasteiger partial charge >= 0.3 is 6.09 Å². The van der Waals surface area contributed by atoms with Crippen molar-refractivity contribution >= 4 is 22.9 Å². The third-order valence-corrected chi connectivity index (χ3v) is 5.66. The highest BCUT2D eigenvalue weighted by atomic mass is 19.3. The van der Waals surface area contributed by atoms with Gasteiger partial charge in [0.05, 0.1) is 17.8 Å². The topological polar surface area (TPSA) is 107 Å². The van der Waals surface area contributed by atoms with Gasteiger partial charge in [-0.05, 0) is 33.6 Å². The van der Waals surface area contributed by atoms with Gasteiger partial charge < -0.3 is 15.4 Å². The molecule has 2 atom stereocenters. The van der Waals surface area contributed by atoms with E-state index in [0.29, 0.717) is 22.6 Å². The van der Waals surface area contributed by atoms with Crippen molar-refractivity contribution in [2.75, 3.05) is 5.32 Å². The Bertz CT molecular complexity index is 1180. The number of alkyl halides is 2. The van der Waals surface area contributed by atoms with Crippen molar-refractivity contribution in [1.29, 1.82) is 0 Å². The number of pyridine rings is 1. The lowest BCUT2D eigenvalue weighted by Gasteiger charge is -2.33. The van der Waals surface area contributed by atoms with Crippen LogP contribution in [0.3, 0.4) is 0 Å². The summed E-state index contributed by atoms with van der Waals surface area (Å²) >= 11 is 0. The summed E-state index contributed by atoms with van der Waals surface area (Å²) in [6.07, 6.45) is 6.49. The average molecular weight is 474 g/mol. The van der Waals surface area contributed by atoms with Gasteiger partial charge in [0.2, 0.25) is 5.95 Å². The number of fused-ring (bicyclic) bond motifs is 1. The predicted molar refractivity (Wildman–Crippen MR) is 124 cm³/mol. The summed E-state index contributed by atoms with van der Waals surface area (Å²) in [5.74, 6) is 0.298. The first-order valence-electron chi connectivity index (χ1n) is 11.3. The number of hydrogen-bond donors (Lipinski definition) is 2. The van der Waals surface area contributed by atoms with Crippen LogP contribution in [-0.2, 0) is 11.8 Å². The van der Waals surface area contributed by atoms with Crippen molar-refractivity contribution in [3.05, 3.63) is 30.5 Å². The highest BCUT2D eigenvalue weighted by Crippen LogP contribution is 2.32. The molecule has 182 valence electrons. The first kappa shape index (κ1) is 23.8. The Hall–Kier alpha value is -3.37. The zero-order valence-electron chi connectivity index (χ0n) is 19.7. The summed E-state index contributed by atoms with van der Waals surface area (Å²) in [5, 5.41) is 10.6. The number of halogens is 2. The summed E-state index contributed by atoms with van der Waals surface area (Å²) in [6, 6.07) is -0.299. The first-order valence-corrected chi connectivity index (χ1v) is 11.3. The number of carbonyl (C=O) groups excluding carboxylic acids is 1. The van der Waals surface area contributed by atoms with Crippen LogP contribution in [-0.4, -0.2) is 48.5 Å². The van der Waals surface area contributed by atoms with Crippen molar-refractivity contribution in [3.8, 4) is 11.1 Å². The van der Waals surface area contributed by atoms with Crippen molar-refractivity contribution < 1.29 is 18.3 Å². The van der Waals surface area contributed by atoms with Crippen molar-refractivity contribution in [1.82, 2.24) is 30.0 Å². The molecule has 3 heterocycles. The Balaban J connectivity index is 1.64. The Kier molecular flexibility index (Phi) is 6.63. The monoisotopic (exact) mass is 473 g/mol. The molecule has 1 aliphatic rings. The van der Waals surface area contributed by atoms with Crippen LogP contribution >= 0.6 is 0 Å². The fourth-order valence-electron chi connectivity index (χ4n) is 4.16. The number of alkyl carbamates (subject to hydrolysis) is 1. The molecule has 11 heteroatoms. The number of aromatic nitrogens is 5. The molecule has 2 unspecified atom stereocenters. The summed E-state index contributed by atoms with van der Waals surface area (Å²) < 4.78 is 34.2. The quantitative estimate of drug-likeness (QED) is 0.557. The van der Waals surface area contributed by atoms with E-state index >= 15 is 0 Å². The summed E-state index contributed by atoms with van der Waals surface area (Å²) in [5.41, 5.74) is 0.708. The minimum absolute atomic E-state index is 0.128. The molecule has 0 aliphatic heterocycles. The van der Waals surface area contributed by atoms with E-state index in [4.69, 9.17) is 4.74 Å². The largest absolute Gasteiger partial charge is 0.444 e. The molecule has 2 N–H and O–H groups in total. The molecule has 3 aromatic heterocycles. The van der Waals surface area contributed by atoms with Gasteiger partial charge in [0, 0.05) is 48.2 Å². The Morgan fingerprint density at radius 3 is 2.53 bits per heavy atom. The number of hydrogen-bond acceptors (Lipinski definition) is 7. The van der Waals surface area contributed by atoms with E-state index in [1.54, 1.807) is 24.1 Å². The van der Waals surface area contributed by atoms with E-state index in [2.05, 4.69) is 30.7 Å². The molecular formula is C23H29F2N7O2. The Morgan fingerprint density at radius 2 is 1.88 bits per heavy atom. The van der Waals surface area contributed by atoms with Crippen LogP contribution in [0, 0.1) is 0 Å². The maximum Gasteiger partial charge on any atom is 0.407 e.